The Kier molecular flexibility index (Phi) is 3.46. The molecule has 1 aromatic carbocycles. The molecule has 4 rings (SSSR count). The smallest absolute Gasteiger partial charge is 0.244 e. The lowest BCUT2D eigenvalue weighted by Crippen LogP contribution is -2.42. The molecule has 0 bridgehead atoms. The maximum Gasteiger partial charge on any atom is 0.244 e. The molecule has 0 radical (unpaired) electrons. The van der Waals surface area contributed by atoms with Gasteiger partial charge >= 0.3 is 0 Å². The van der Waals surface area contributed by atoms with E-state index < -0.39 is 0 Å². The molecule has 1 aromatic heterocycles. The second kappa shape index (κ2) is 5.62. The van der Waals surface area contributed by atoms with E-state index in [1.807, 2.05) is 17.0 Å². The van der Waals surface area contributed by atoms with Crippen molar-refractivity contribution in [3.8, 4) is 11.1 Å². The van der Waals surface area contributed by atoms with Crippen molar-refractivity contribution in [3.63, 3.8) is 0 Å². The Balaban J connectivity index is 1.69. The van der Waals surface area contributed by atoms with Crippen molar-refractivity contribution in [2.24, 2.45) is 0 Å². The lowest BCUT2D eigenvalue weighted by atomic mass is 10.00. The first-order valence-corrected chi connectivity index (χ1v) is 7.98. The van der Waals surface area contributed by atoms with Crippen LogP contribution < -0.4 is 16.0 Å². The normalized spacial score (nSPS) is 19.8. The Hall–Kier alpha value is -2.47. The van der Waals surface area contributed by atoms with Crippen LogP contribution in [-0.4, -0.2) is 35.0 Å². The monoisotopic (exact) mass is 309 g/mol. The summed E-state index contributed by atoms with van der Waals surface area (Å²) < 4.78 is 0. The molecular weight excluding hydrogens is 290 g/mol. The summed E-state index contributed by atoms with van der Waals surface area (Å²) in [6.07, 6.45) is 6.33. The van der Waals surface area contributed by atoms with Crippen LogP contribution in [0.3, 0.4) is 0 Å². The molecule has 118 valence electrons. The standard InChI is InChI=1S/C17H19N5O/c18-17-20-9-11(10-21-17)12-3-1-5-15-13(12)6-8-22(15)16(23)14-4-2-7-19-14/h1,3,5,9-10,14,19H,2,4,6-8H2,(H2,18,20,21). The van der Waals surface area contributed by atoms with Crippen molar-refractivity contribution in [2.75, 3.05) is 23.7 Å². The maximum absolute atomic E-state index is 12.7. The molecule has 1 unspecified atom stereocenters. The molecule has 0 saturated carbocycles. The van der Waals surface area contributed by atoms with Crippen LogP contribution in [-0.2, 0) is 11.2 Å². The first kappa shape index (κ1) is 14.1. The first-order chi connectivity index (χ1) is 11.2. The van der Waals surface area contributed by atoms with Gasteiger partial charge in [0.1, 0.15) is 0 Å². The summed E-state index contributed by atoms with van der Waals surface area (Å²) in [6.45, 7) is 1.67. The molecular formula is C17H19N5O. The number of carbonyl (C=O) groups is 1. The minimum absolute atomic E-state index is 0.0375. The van der Waals surface area contributed by atoms with E-state index in [1.165, 1.54) is 5.56 Å². The van der Waals surface area contributed by atoms with Crippen LogP contribution in [0.25, 0.3) is 11.1 Å². The molecule has 23 heavy (non-hydrogen) atoms. The van der Waals surface area contributed by atoms with E-state index in [4.69, 9.17) is 5.73 Å². The molecule has 3 heterocycles. The van der Waals surface area contributed by atoms with Gasteiger partial charge in [-0.2, -0.15) is 0 Å². The van der Waals surface area contributed by atoms with Gasteiger partial charge in [0.15, 0.2) is 0 Å². The summed E-state index contributed by atoms with van der Waals surface area (Å²) in [5.74, 6) is 0.456. The number of nitrogens with two attached hydrogens (primary N) is 1. The van der Waals surface area contributed by atoms with Gasteiger partial charge in [-0.25, -0.2) is 9.97 Å². The van der Waals surface area contributed by atoms with E-state index in [0.29, 0.717) is 0 Å². The van der Waals surface area contributed by atoms with E-state index in [9.17, 15) is 4.79 Å². The Bertz CT molecular complexity index is 737. The lowest BCUT2D eigenvalue weighted by molar-refractivity contribution is -0.120. The highest BCUT2D eigenvalue weighted by molar-refractivity contribution is 6.00. The molecule has 2 aromatic rings. The van der Waals surface area contributed by atoms with Crippen molar-refractivity contribution >= 4 is 17.5 Å². The molecule has 1 saturated heterocycles. The number of hydrogen-bond acceptors (Lipinski definition) is 5. The number of nitrogens with one attached hydrogen (secondary N) is 1. The number of nitrogen functional groups attached to an aromatic ring is 1. The summed E-state index contributed by atoms with van der Waals surface area (Å²) in [4.78, 5) is 22.8. The van der Waals surface area contributed by atoms with Crippen molar-refractivity contribution in [3.05, 3.63) is 36.2 Å². The molecule has 6 nitrogen and oxygen atoms in total. The maximum atomic E-state index is 12.7. The third-order valence-electron chi connectivity index (χ3n) is 4.63. The van der Waals surface area contributed by atoms with E-state index in [2.05, 4.69) is 21.4 Å². The Morgan fingerprint density at radius 1 is 1.30 bits per heavy atom. The van der Waals surface area contributed by atoms with Crippen molar-refractivity contribution in [1.82, 2.24) is 15.3 Å². The van der Waals surface area contributed by atoms with Crippen molar-refractivity contribution in [2.45, 2.75) is 25.3 Å². The van der Waals surface area contributed by atoms with Gasteiger partial charge in [-0.05, 0) is 43.0 Å². The predicted molar refractivity (Wildman–Crippen MR) is 89.0 cm³/mol. The van der Waals surface area contributed by atoms with Crippen molar-refractivity contribution in [1.29, 1.82) is 0 Å². The van der Waals surface area contributed by atoms with Gasteiger partial charge in [0.25, 0.3) is 0 Å². The number of amides is 1. The number of aromatic nitrogens is 2. The fourth-order valence-corrected chi connectivity index (χ4v) is 3.49. The zero-order valence-corrected chi connectivity index (χ0v) is 12.8. The summed E-state index contributed by atoms with van der Waals surface area (Å²) in [5.41, 5.74) is 9.78. The zero-order chi connectivity index (χ0) is 15.8. The first-order valence-electron chi connectivity index (χ1n) is 7.98. The topological polar surface area (TPSA) is 84.1 Å². The van der Waals surface area contributed by atoms with Crippen molar-refractivity contribution < 1.29 is 4.79 Å². The highest BCUT2D eigenvalue weighted by Crippen LogP contribution is 2.36. The minimum Gasteiger partial charge on any atom is -0.368 e. The molecule has 1 atom stereocenters. The van der Waals surface area contributed by atoms with Crippen LogP contribution >= 0.6 is 0 Å². The fraction of sp³-hybridized carbons (Fsp3) is 0.353. The largest absolute Gasteiger partial charge is 0.368 e. The molecule has 2 aliphatic rings. The molecule has 0 spiro atoms. The number of hydrogen-bond donors (Lipinski definition) is 2. The molecule has 1 fully saturated rings. The minimum atomic E-state index is -0.0375. The average Bonchev–Trinajstić information content (AvgIpc) is 3.24. The molecule has 0 aliphatic carbocycles. The predicted octanol–water partition coefficient (Wildman–Crippen LogP) is 1.37. The van der Waals surface area contributed by atoms with Crippen LogP contribution in [0, 0.1) is 0 Å². The summed E-state index contributed by atoms with van der Waals surface area (Å²) in [6, 6.07) is 6.02. The Morgan fingerprint density at radius 2 is 2.13 bits per heavy atom. The Labute approximate surface area is 134 Å². The van der Waals surface area contributed by atoms with Crippen LogP contribution in [0.5, 0.6) is 0 Å². The van der Waals surface area contributed by atoms with Gasteiger partial charge in [-0.15, -0.1) is 0 Å². The third kappa shape index (κ3) is 2.45. The van der Waals surface area contributed by atoms with Gasteiger partial charge in [0.2, 0.25) is 11.9 Å². The van der Waals surface area contributed by atoms with Gasteiger partial charge in [0, 0.05) is 30.2 Å². The SMILES string of the molecule is Nc1ncc(-c2cccc3c2CCN3C(=O)C2CCCN2)cn1. The van der Waals surface area contributed by atoms with Crippen LogP contribution in [0.4, 0.5) is 11.6 Å². The highest BCUT2D eigenvalue weighted by Gasteiger charge is 2.32. The van der Waals surface area contributed by atoms with E-state index in [0.717, 1.165) is 49.2 Å². The van der Waals surface area contributed by atoms with Crippen LogP contribution in [0.15, 0.2) is 30.6 Å². The van der Waals surface area contributed by atoms with E-state index in [1.54, 1.807) is 12.4 Å². The zero-order valence-electron chi connectivity index (χ0n) is 12.8. The molecule has 2 aliphatic heterocycles. The summed E-state index contributed by atoms with van der Waals surface area (Å²) in [7, 11) is 0. The average molecular weight is 309 g/mol. The van der Waals surface area contributed by atoms with Gasteiger partial charge in [-0.3, -0.25) is 4.79 Å². The molecule has 3 N–H and O–H groups in total. The summed E-state index contributed by atoms with van der Waals surface area (Å²) in [5, 5.41) is 3.29. The highest BCUT2D eigenvalue weighted by atomic mass is 16.2. The second-order valence-electron chi connectivity index (χ2n) is 6.02. The van der Waals surface area contributed by atoms with Gasteiger partial charge in [-0.1, -0.05) is 12.1 Å². The number of benzene rings is 1. The third-order valence-corrected chi connectivity index (χ3v) is 4.63. The van der Waals surface area contributed by atoms with Crippen LogP contribution in [0.1, 0.15) is 18.4 Å². The second-order valence-corrected chi connectivity index (χ2v) is 6.02. The number of carbonyl (C=O) groups excluding carboxylic acids is 1. The van der Waals surface area contributed by atoms with E-state index >= 15 is 0 Å². The molecule has 1 amide bonds. The number of nitrogens with zero attached hydrogens (tertiary/aromatic N) is 3. The van der Waals surface area contributed by atoms with E-state index in [-0.39, 0.29) is 17.9 Å². The van der Waals surface area contributed by atoms with Gasteiger partial charge < -0.3 is 16.0 Å². The van der Waals surface area contributed by atoms with Crippen LogP contribution in [0.2, 0.25) is 0 Å². The van der Waals surface area contributed by atoms with Gasteiger partial charge in [0.05, 0.1) is 6.04 Å². The fourth-order valence-electron chi connectivity index (χ4n) is 3.49. The molecule has 6 heteroatoms. The Morgan fingerprint density at radius 3 is 2.87 bits per heavy atom. The lowest BCUT2D eigenvalue weighted by Gasteiger charge is -2.21. The number of rotatable bonds is 2. The number of fused-ring (bicyclic) bond motifs is 1. The quantitative estimate of drug-likeness (QED) is 0.875. The summed E-state index contributed by atoms with van der Waals surface area (Å²) >= 11 is 0. The number of anilines is 2.